The van der Waals surface area contributed by atoms with Crippen molar-refractivity contribution in [3.63, 3.8) is 0 Å². The summed E-state index contributed by atoms with van der Waals surface area (Å²) in [5, 5.41) is 3.02. The van der Waals surface area contributed by atoms with Crippen molar-refractivity contribution < 1.29 is 22.3 Å². The lowest BCUT2D eigenvalue weighted by atomic mass is 9.91. The molecule has 2 aromatic carbocycles. The van der Waals surface area contributed by atoms with Crippen LogP contribution >= 0.6 is 22.6 Å². The summed E-state index contributed by atoms with van der Waals surface area (Å²) in [7, 11) is 0. The third-order valence-electron chi connectivity index (χ3n) is 4.11. The van der Waals surface area contributed by atoms with Crippen molar-refractivity contribution in [1.29, 1.82) is 0 Å². The summed E-state index contributed by atoms with van der Waals surface area (Å²) < 4.78 is 58.8. The highest BCUT2D eigenvalue weighted by molar-refractivity contribution is 14.1. The average molecular weight is 489 g/mol. The van der Waals surface area contributed by atoms with Crippen molar-refractivity contribution in [2.45, 2.75) is 16.8 Å². The lowest BCUT2D eigenvalue weighted by molar-refractivity contribution is 0.0815. The molecule has 1 N–H and O–H groups in total. The normalized spacial score (nSPS) is 17.3. The maximum atomic E-state index is 14.7. The molecule has 0 amide bonds. The first kappa shape index (κ1) is 19.7. The Balaban J connectivity index is 2.09. The monoisotopic (exact) mass is 489 g/mol. The number of hydrogen-bond donors (Lipinski definition) is 1. The second-order valence-electron chi connectivity index (χ2n) is 6.01. The Morgan fingerprint density at radius 1 is 1.15 bits per heavy atom. The number of nitrogens with one attached hydrogen (secondary N) is 1. The first-order valence-corrected chi connectivity index (χ1v) is 9.40. The molecule has 0 radical (unpaired) electrons. The lowest BCUT2D eigenvalue weighted by Crippen LogP contribution is -2.26. The minimum absolute atomic E-state index is 0.0568. The van der Waals surface area contributed by atoms with Crippen molar-refractivity contribution in [3.05, 3.63) is 77.5 Å². The Labute approximate surface area is 168 Å². The van der Waals surface area contributed by atoms with E-state index >= 15 is 0 Å². The van der Waals surface area contributed by atoms with Gasteiger partial charge in [0, 0.05) is 17.8 Å². The molecule has 27 heavy (non-hydrogen) atoms. The largest absolute Gasteiger partial charge is 0.487 e. The molecule has 1 atom stereocenters. The molecule has 1 unspecified atom stereocenters. The fourth-order valence-corrected chi connectivity index (χ4v) is 3.46. The van der Waals surface area contributed by atoms with Crippen molar-refractivity contribution in [3.8, 4) is 5.75 Å². The summed E-state index contributed by atoms with van der Waals surface area (Å²) in [4.78, 5) is 0. The van der Waals surface area contributed by atoms with Gasteiger partial charge >= 0.3 is 0 Å². The zero-order valence-corrected chi connectivity index (χ0v) is 16.3. The van der Waals surface area contributed by atoms with Gasteiger partial charge in [-0.15, -0.1) is 0 Å². The van der Waals surface area contributed by atoms with E-state index in [-0.39, 0.29) is 20.9 Å². The zero-order chi connectivity index (χ0) is 19.6. The Hall–Kier alpha value is -2.03. The number of halogens is 5. The summed E-state index contributed by atoms with van der Waals surface area (Å²) in [6.45, 7) is 2.99. The van der Waals surface area contributed by atoms with Gasteiger partial charge < -0.3 is 10.1 Å². The highest BCUT2D eigenvalue weighted by atomic mass is 127. The van der Waals surface area contributed by atoms with Crippen molar-refractivity contribution >= 4 is 33.9 Å². The molecule has 0 aromatic heterocycles. The summed E-state index contributed by atoms with van der Waals surface area (Å²) in [6.07, 6.45) is -2.18. The van der Waals surface area contributed by atoms with Crippen LogP contribution in [0.3, 0.4) is 0 Å². The maximum Gasteiger partial charge on any atom is 0.272 e. The predicted molar refractivity (Wildman–Crippen MR) is 106 cm³/mol. The van der Waals surface area contributed by atoms with Crippen LogP contribution in [0.25, 0.3) is 11.3 Å². The molecule has 1 heterocycles. The lowest BCUT2D eigenvalue weighted by Gasteiger charge is -2.29. The maximum absolute atomic E-state index is 14.7. The zero-order valence-electron chi connectivity index (χ0n) is 14.1. The van der Waals surface area contributed by atoms with Crippen LogP contribution in [0.5, 0.6) is 5.75 Å². The van der Waals surface area contributed by atoms with E-state index in [1.54, 1.807) is 0 Å². The first-order chi connectivity index (χ1) is 12.9. The molecule has 0 spiro atoms. The van der Waals surface area contributed by atoms with E-state index in [0.29, 0.717) is 12.1 Å². The molecule has 0 aliphatic carbocycles. The topological polar surface area (TPSA) is 21.3 Å². The van der Waals surface area contributed by atoms with Gasteiger partial charge in [0.2, 0.25) is 0 Å². The van der Waals surface area contributed by atoms with E-state index in [9.17, 15) is 17.6 Å². The van der Waals surface area contributed by atoms with E-state index < -0.39 is 24.7 Å². The second-order valence-corrected chi connectivity index (χ2v) is 7.51. The molecule has 7 heteroatoms. The summed E-state index contributed by atoms with van der Waals surface area (Å²) >= 11 is 2.22. The van der Waals surface area contributed by atoms with E-state index in [1.165, 1.54) is 0 Å². The van der Waals surface area contributed by atoms with Gasteiger partial charge in [0.15, 0.2) is 0 Å². The Bertz CT molecular complexity index is 860. The molecule has 0 fully saturated rings. The fraction of sp³-hybridized carbons (Fsp3) is 0.200. The SMILES string of the molecule is C=C1NC(c2c(F)cc(OCC(F)F)cc2F)=C(c2ccccc2)CC1I. The molecule has 0 saturated carbocycles. The number of rotatable bonds is 5. The quantitative estimate of drug-likeness (QED) is 0.327. The standard InChI is InChI=1S/C20H16F4INO/c1-11-17(25)9-14(12-5-3-2-4-6-12)20(26-11)19-15(21)7-13(8-16(19)22)27-10-18(23)24/h2-8,17-18,26H,1,9-10H2. The fourth-order valence-electron chi connectivity index (χ4n) is 2.86. The molecular formula is C20H16F4INO. The molecule has 3 rings (SSSR count). The summed E-state index contributed by atoms with van der Waals surface area (Å²) in [5.41, 5.74) is 2.26. The average Bonchev–Trinajstić information content (AvgIpc) is 2.63. The Morgan fingerprint density at radius 2 is 1.78 bits per heavy atom. The van der Waals surface area contributed by atoms with Crippen LogP contribution in [0.15, 0.2) is 54.7 Å². The number of alkyl halides is 3. The van der Waals surface area contributed by atoms with Gasteiger partial charge in [-0.25, -0.2) is 17.6 Å². The van der Waals surface area contributed by atoms with E-state index in [0.717, 1.165) is 23.3 Å². The van der Waals surface area contributed by atoms with Gasteiger partial charge in [-0.3, -0.25) is 0 Å². The minimum Gasteiger partial charge on any atom is -0.487 e. The smallest absolute Gasteiger partial charge is 0.272 e. The second kappa shape index (κ2) is 8.33. The predicted octanol–water partition coefficient (Wildman–Crippen LogP) is 5.79. The van der Waals surface area contributed by atoms with Crippen LogP contribution in [0.4, 0.5) is 17.6 Å². The van der Waals surface area contributed by atoms with Crippen LogP contribution in [-0.2, 0) is 0 Å². The van der Waals surface area contributed by atoms with Crippen LogP contribution in [-0.4, -0.2) is 17.0 Å². The van der Waals surface area contributed by atoms with Gasteiger partial charge in [-0.2, -0.15) is 0 Å². The Kier molecular flexibility index (Phi) is 6.08. The minimum atomic E-state index is -2.73. The first-order valence-electron chi connectivity index (χ1n) is 8.15. The Morgan fingerprint density at radius 3 is 2.37 bits per heavy atom. The van der Waals surface area contributed by atoms with Crippen LogP contribution in [0.1, 0.15) is 17.5 Å². The van der Waals surface area contributed by atoms with Gasteiger partial charge in [0.05, 0.1) is 15.2 Å². The third-order valence-corrected chi connectivity index (χ3v) is 5.30. The van der Waals surface area contributed by atoms with Gasteiger partial charge in [0.1, 0.15) is 24.0 Å². The number of ether oxygens (including phenoxy) is 1. The summed E-state index contributed by atoms with van der Waals surface area (Å²) in [6, 6.07) is 11.1. The van der Waals surface area contributed by atoms with E-state index in [4.69, 9.17) is 4.74 Å². The highest BCUT2D eigenvalue weighted by Crippen LogP contribution is 2.39. The third kappa shape index (κ3) is 4.45. The van der Waals surface area contributed by atoms with Gasteiger partial charge in [-0.05, 0) is 17.6 Å². The molecule has 0 saturated heterocycles. The van der Waals surface area contributed by atoms with Gasteiger partial charge in [-0.1, -0.05) is 59.5 Å². The molecule has 2 aromatic rings. The molecule has 0 bridgehead atoms. The van der Waals surface area contributed by atoms with E-state index in [1.807, 2.05) is 30.3 Å². The van der Waals surface area contributed by atoms with Crippen LogP contribution < -0.4 is 10.1 Å². The highest BCUT2D eigenvalue weighted by Gasteiger charge is 2.27. The van der Waals surface area contributed by atoms with Crippen LogP contribution in [0.2, 0.25) is 0 Å². The van der Waals surface area contributed by atoms with Crippen molar-refractivity contribution in [2.24, 2.45) is 0 Å². The van der Waals surface area contributed by atoms with Crippen LogP contribution in [0, 0.1) is 11.6 Å². The van der Waals surface area contributed by atoms with Gasteiger partial charge in [0.25, 0.3) is 6.43 Å². The molecule has 1 aliphatic rings. The number of benzene rings is 2. The molecular weight excluding hydrogens is 473 g/mol. The molecule has 1 aliphatic heterocycles. The number of hydrogen-bond acceptors (Lipinski definition) is 2. The van der Waals surface area contributed by atoms with Crippen molar-refractivity contribution in [2.75, 3.05) is 6.61 Å². The summed E-state index contributed by atoms with van der Waals surface area (Å²) in [5.74, 6) is -2.07. The van der Waals surface area contributed by atoms with E-state index in [2.05, 4.69) is 34.5 Å². The molecule has 2 nitrogen and oxygen atoms in total. The van der Waals surface area contributed by atoms with Crippen molar-refractivity contribution in [1.82, 2.24) is 5.32 Å². The number of allylic oxidation sites excluding steroid dienone is 2. The molecule has 142 valence electrons.